The number of hydrogen-bond acceptors (Lipinski definition) is 1. The van der Waals surface area contributed by atoms with Crippen LogP contribution >= 0.6 is 15.9 Å². The molecule has 0 aliphatic carbocycles. The van der Waals surface area contributed by atoms with Gasteiger partial charge in [0, 0.05) is 13.1 Å². The van der Waals surface area contributed by atoms with Crippen molar-refractivity contribution >= 4 is 21.8 Å². The number of carbonyl (C=O) groups excluding carboxylic acids is 1. The predicted molar refractivity (Wildman–Crippen MR) is 53.3 cm³/mol. The zero-order valence-corrected chi connectivity index (χ0v) is 8.88. The molecule has 0 aromatic carbocycles. The molecule has 1 atom stereocenters. The van der Waals surface area contributed by atoms with Gasteiger partial charge in [-0.05, 0) is 12.8 Å². The van der Waals surface area contributed by atoms with Gasteiger partial charge in [-0.15, -0.1) is 0 Å². The van der Waals surface area contributed by atoms with E-state index in [1.807, 2.05) is 11.8 Å². The molecule has 0 N–H and O–H groups in total. The molecular formula is C9H14BrNO. The molecule has 1 amide bonds. The van der Waals surface area contributed by atoms with Crippen molar-refractivity contribution in [2.75, 3.05) is 13.1 Å². The Morgan fingerprint density at radius 3 is 2.92 bits per heavy atom. The lowest BCUT2D eigenvalue weighted by molar-refractivity contribution is -0.130. The van der Waals surface area contributed by atoms with E-state index in [0.717, 1.165) is 25.9 Å². The number of nitrogens with zero attached hydrogens (tertiary/aromatic N) is 1. The Morgan fingerprint density at radius 2 is 2.42 bits per heavy atom. The molecule has 1 aliphatic heterocycles. The lowest BCUT2D eigenvalue weighted by atomic mass is 10.2. The number of amides is 1. The van der Waals surface area contributed by atoms with Crippen LogP contribution in [0, 0.1) is 0 Å². The molecule has 1 heterocycles. The number of halogens is 1. The molecule has 0 spiro atoms. The number of hydrogen-bond donors (Lipinski definition) is 0. The maximum absolute atomic E-state index is 11.6. The lowest BCUT2D eigenvalue weighted by Gasteiger charge is -2.25. The Bertz CT molecular complexity index is 191. The fraction of sp³-hybridized carbons (Fsp3) is 0.667. The Kier molecular flexibility index (Phi) is 3.79. The van der Waals surface area contributed by atoms with Crippen LogP contribution in [0.25, 0.3) is 0 Å². The molecule has 0 aromatic rings. The molecule has 0 saturated heterocycles. The van der Waals surface area contributed by atoms with E-state index in [-0.39, 0.29) is 10.7 Å². The number of alkyl halides is 1. The smallest absolute Gasteiger partial charge is 0.236 e. The minimum Gasteiger partial charge on any atom is -0.338 e. The number of carbonyl (C=O) groups is 1. The van der Waals surface area contributed by atoms with Crippen LogP contribution in [0.4, 0.5) is 0 Å². The maximum atomic E-state index is 11.6. The summed E-state index contributed by atoms with van der Waals surface area (Å²) in [5.41, 5.74) is 0. The summed E-state index contributed by atoms with van der Waals surface area (Å²) < 4.78 is 0. The summed E-state index contributed by atoms with van der Waals surface area (Å²) in [6, 6.07) is 0. The normalized spacial score (nSPS) is 19.3. The molecule has 1 unspecified atom stereocenters. The summed E-state index contributed by atoms with van der Waals surface area (Å²) in [5, 5.41) is 0. The summed E-state index contributed by atoms with van der Waals surface area (Å²) in [7, 11) is 0. The van der Waals surface area contributed by atoms with Gasteiger partial charge in [-0.25, -0.2) is 0 Å². The van der Waals surface area contributed by atoms with E-state index in [0.29, 0.717) is 0 Å². The van der Waals surface area contributed by atoms with E-state index >= 15 is 0 Å². The summed E-state index contributed by atoms with van der Waals surface area (Å²) in [5.74, 6) is 0.224. The van der Waals surface area contributed by atoms with Gasteiger partial charge in [0.05, 0.1) is 4.83 Å². The molecule has 1 rings (SSSR count). The van der Waals surface area contributed by atoms with Crippen LogP contribution < -0.4 is 0 Å². The minimum atomic E-state index is 0.00370. The highest BCUT2D eigenvalue weighted by Gasteiger charge is 2.19. The zero-order valence-electron chi connectivity index (χ0n) is 7.29. The fourth-order valence-electron chi connectivity index (χ4n) is 1.21. The van der Waals surface area contributed by atoms with Gasteiger partial charge in [0.25, 0.3) is 0 Å². The summed E-state index contributed by atoms with van der Waals surface area (Å²) in [6.45, 7) is 3.66. The van der Waals surface area contributed by atoms with Gasteiger partial charge in [0.2, 0.25) is 5.91 Å². The predicted octanol–water partition coefficient (Wildman–Crippen LogP) is 1.95. The molecule has 0 bridgehead atoms. The minimum absolute atomic E-state index is 0.00370. The molecule has 0 aromatic heterocycles. The van der Waals surface area contributed by atoms with Crippen molar-refractivity contribution in [3.05, 3.63) is 12.2 Å². The maximum Gasteiger partial charge on any atom is 0.236 e. The highest BCUT2D eigenvalue weighted by molar-refractivity contribution is 9.10. The standard InChI is InChI=1S/C9H14BrNO/c1-2-8(10)9(12)11-6-4-3-5-7-11/h3-4,8H,2,5-7H2,1H3. The topological polar surface area (TPSA) is 20.3 Å². The molecule has 3 heteroatoms. The van der Waals surface area contributed by atoms with Crippen molar-refractivity contribution < 1.29 is 4.79 Å². The largest absolute Gasteiger partial charge is 0.338 e. The molecule has 0 saturated carbocycles. The van der Waals surface area contributed by atoms with Crippen LogP contribution in [-0.4, -0.2) is 28.7 Å². The fourth-order valence-corrected chi connectivity index (χ4v) is 1.50. The SMILES string of the molecule is CCC(Br)C(=O)N1CC=CCC1. The Morgan fingerprint density at radius 1 is 1.67 bits per heavy atom. The summed E-state index contributed by atoms with van der Waals surface area (Å²) in [4.78, 5) is 13.5. The van der Waals surface area contributed by atoms with Gasteiger partial charge >= 0.3 is 0 Å². The van der Waals surface area contributed by atoms with E-state index in [9.17, 15) is 4.79 Å². The van der Waals surface area contributed by atoms with Gasteiger partial charge in [-0.1, -0.05) is 35.0 Å². The van der Waals surface area contributed by atoms with Crippen LogP contribution in [0.1, 0.15) is 19.8 Å². The third-order valence-electron chi connectivity index (χ3n) is 2.00. The van der Waals surface area contributed by atoms with Crippen LogP contribution in [0.2, 0.25) is 0 Å². The lowest BCUT2D eigenvalue weighted by Crippen LogP contribution is -2.38. The Hall–Kier alpha value is -0.310. The van der Waals surface area contributed by atoms with E-state index in [1.54, 1.807) is 0 Å². The first kappa shape index (κ1) is 9.78. The summed E-state index contributed by atoms with van der Waals surface area (Å²) >= 11 is 3.36. The molecule has 0 radical (unpaired) electrons. The first-order valence-electron chi connectivity index (χ1n) is 4.33. The second-order valence-corrected chi connectivity index (χ2v) is 4.03. The third kappa shape index (κ3) is 2.34. The van der Waals surface area contributed by atoms with Crippen molar-refractivity contribution in [2.45, 2.75) is 24.6 Å². The highest BCUT2D eigenvalue weighted by atomic mass is 79.9. The van der Waals surface area contributed by atoms with Crippen molar-refractivity contribution in [2.24, 2.45) is 0 Å². The van der Waals surface area contributed by atoms with E-state index in [1.165, 1.54) is 0 Å². The molecule has 1 aliphatic rings. The number of rotatable bonds is 2. The van der Waals surface area contributed by atoms with E-state index in [2.05, 4.69) is 28.1 Å². The van der Waals surface area contributed by atoms with Crippen LogP contribution in [0.3, 0.4) is 0 Å². The molecular weight excluding hydrogens is 218 g/mol. The third-order valence-corrected chi connectivity index (χ3v) is 3.04. The van der Waals surface area contributed by atoms with Crippen molar-refractivity contribution in [3.8, 4) is 0 Å². The van der Waals surface area contributed by atoms with Crippen LogP contribution in [0.15, 0.2) is 12.2 Å². The second-order valence-electron chi connectivity index (χ2n) is 2.92. The average Bonchev–Trinajstić information content (AvgIpc) is 2.17. The van der Waals surface area contributed by atoms with Gasteiger partial charge in [-0.2, -0.15) is 0 Å². The van der Waals surface area contributed by atoms with E-state index < -0.39 is 0 Å². The summed E-state index contributed by atoms with van der Waals surface area (Å²) in [6.07, 6.45) is 6.03. The van der Waals surface area contributed by atoms with Gasteiger partial charge in [0.15, 0.2) is 0 Å². The van der Waals surface area contributed by atoms with Crippen molar-refractivity contribution in [3.63, 3.8) is 0 Å². The molecule has 0 fully saturated rings. The van der Waals surface area contributed by atoms with Gasteiger partial charge in [0.1, 0.15) is 0 Å². The molecule has 2 nitrogen and oxygen atoms in total. The van der Waals surface area contributed by atoms with Gasteiger partial charge in [-0.3, -0.25) is 4.79 Å². The highest BCUT2D eigenvalue weighted by Crippen LogP contribution is 2.11. The Balaban J connectivity index is 2.46. The van der Waals surface area contributed by atoms with Crippen molar-refractivity contribution in [1.29, 1.82) is 0 Å². The average molecular weight is 232 g/mol. The first-order chi connectivity index (χ1) is 5.75. The van der Waals surface area contributed by atoms with Crippen molar-refractivity contribution in [1.82, 2.24) is 4.90 Å². The second kappa shape index (κ2) is 4.65. The van der Waals surface area contributed by atoms with Gasteiger partial charge < -0.3 is 4.90 Å². The Labute approximate surface area is 81.8 Å². The molecule has 12 heavy (non-hydrogen) atoms. The van der Waals surface area contributed by atoms with E-state index in [4.69, 9.17) is 0 Å². The first-order valence-corrected chi connectivity index (χ1v) is 5.25. The quantitative estimate of drug-likeness (QED) is 0.526. The zero-order chi connectivity index (χ0) is 8.97. The van der Waals surface area contributed by atoms with Crippen LogP contribution in [0.5, 0.6) is 0 Å². The van der Waals surface area contributed by atoms with Crippen LogP contribution in [-0.2, 0) is 4.79 Å². The monoisotopic (exact) mass is 231 g/mol. The molecule has 68 valence electrons.